The van der Waals surface area contributed by atoms with Crippen LogP contribution in [0.4, 0.5) is 5.69 Å². The Kier molecular flexibility index (Phi) is 5.38. The fourth-order valence-electron chi connectivity index (χ4n) is 2.18. The zero-order chi connectivity index (χ0) is 17.0. The first-order valence-corrected chi connectivity index (χ1v) is 9.00. The third-order valence-electron chi connectivity index (χ3n) is 3.42. The maximum absolute atomic E-state index is 12.5. The highest BCUT2D eigenvalue weighted by Crippen LogP contribution is 2.25. The van der Waals surface area contributed by atoms with E-state index in [0.29, 0.717) is 36.1 Å². The first-order chi connectivity index (χ1) is 10.9. The molecule has 0 bridgehead atoms. The number of anilines is 1. The lowest BCUT2D eigenvalue weighted by Gasteiger charge is -2.21. The largest absolute Gasteiger partial charge is 0.334 e. The Morgan fingerprint density at radius 3 is 2.57 bits per heavy atom. The summed E-state index contributed by atoms with van der Waals surface area (Å²) in [6, 6.07) is 5.35. The second-order valence-electron chi connectivity index (χ2n) is 5.28. The number of aromatic nitrogens is 2. The van der Waals surface area contributed by atoms with Crippen molar-refractivity contribution in [2.75, 3.05) is 17.8 Å². The van der Waals surface area contributed by atoms with E-state index < -0.39 is 10.2 Å². The number of aryl methyl sites for hydroxylation is 2. The van der Waals surface area contributed by atoms with Gasteiger partial charge in [0.2, 0.25) is 0 Å². The summed E-state index contributed by atoms with van der Waals surface area (Å²) >= 11 is 0. The fourth-order valence-corrected chi connectivity index (χ4v) is 3.57. The van der Waals surface area contributed by atoms with E-state index in [2.05, 4.69) is 14.9 Å². The van der Waals surface area contributed by atoms with Gasteiger partial charge < -0.3 is 4.52 Å². The highest BCUT2D eigenvalue weighted by Gasteiger charge is 2.20. The van der Waals surface area contributed by atoms with Gasteiger partial charge in [0.1, 0.15) is 0 Å². The Bertz CT molecular complexity index is 771. The number of nitrogens with zero attached hydrogens (tertiary/aromatic N) is 3. The van der Waals surface area contributed by atoms with Gasteiger partial charge >= 0.3 is 10.2 Å². The highest BCUT2D eigenvalue weighted by molar-refractivity contribution is 7.90. The van der Waals surface area contributed by atoms with Gasteiger partial charge in [-0.1, -0.05) is 25.1 Å². The van der Waals surface area contributed by atoms with Crippen molar-refractivity contribution >= 4 is 15.9 Å². The summed E-state index contributed by atoms with van der Waals surface area (Å²) in [7, 11) is -3.59. The van der Waals surface area contributed by atoms with E-state index in [1.807, 2.05) is 32.9 Å². The van der Waals surface area contributed by atoms with Crippen LogP contribution in [0.15, 0.2) is 22.7 Å². The zero-order valence-corrected chi connectivity index (χ0v) is 14.6. The van der Waals surface area contributed by atoms with Crippen molar-refractivity contribution in [2.45, 2.75) is 34.1 Å². The van der Waals surface area contributed by atoms with Gasteiger partial charge in [0, 0.05) is 18.7 Å². The minimum Gasteiger partial charge on any atom is -0.334 e. The Hall–Kier alpha value is -1.93. The molecule has 0 aliphatic rings. The lowest BCUT2D eigenvalue weighted by molar-refractivity contribution is 0.425. The van der Waals surface area contributed by atoms with Crippen LogP contribution in [0, 0.1) is 13.8 Å². The predicted octanol–water partition coefficient (Wildman–Crippen LogP) is 2.74. The van der Waals surface area contributed by atoms with Crippen LogP contribution in [0.25, 0.3) is 11.5 Å². The Morgan fingerprint density at radius 1 is 1.26 bits per heavy atom. The monoisotopic (exact) mass is 338 g/mol. The topological polar surface area (TPSA) is 88.3 Å². The molecule has 1 N–H and O–H groups in total. The molecule has 23 heavy (non-hydrogen) atoms. The van der Waals surface area contributed by atoms with Crippen LogP contribution in [0.1, 0.15) is 31.7 Å². The quantitative estimate of drug-likeness (QED) is 0.838. The lowest BCUT2D eigenvalue weighted by Crippen LogP contribution is -2.36. The Labute approximate surface area is 136 Å². The predicted molar refractivity (Wildman–Crippen MR) is 89.3 cm³/mol. The van der Waals surface area contributed by atoms with Gasteiger partial charge in [-0.15, -0.1) is 0 Å². The van der Waals surface area contributed by atoms with Crippen molar-refractivity contribution in [1.82, 2.24) is 14.4 Å². The van der Waals surface area contributed by atoms with Crippen molar-refractivity contribution in [3.8, 4) is 11.5 Å². The molecule has 0 saturated carbocycles. The molecule has 0 saturated heterocycles. The van der Waals surface area contributed by atoms with Crippen molar-refractivity contribution < 1.29 is 12.9 Å². The number of hydrogen-bond acceptors (Lipinski definition) is 5. The van der Waals surface area contributed by atoms with Crippen molar-refractivity contribution in [3.05, 3.63) is 29.6 Å². The van der Waals surface area contributed by atoms with E-state index >= 15 is 0 Å². The number of hydrogen-bond donors (Lipinski definition) is 1. The van der Waals surface area contributed by atoms with Crippen LogP contribution in [0.2, 0.25) is 0 Å². The van der Waals surface area contributed by atoms with Gasteiger partial charge in [0.25, 0.3) is 5.89 Å². The summed E-state index contributed by atoms with van der Waals surface area (Å²) in [6.45, 7) is 8.24. The standard InChI is InChI=1S/C15H22N4O3S/c1-5-9-19(6-2)23(20,21)18-14-10-13(8-7-11(14)3)15-16-12(4)17-22-15/h7-8,10,18H,5-6,9H2,1-4H3. The molecule has 0 aliphatic carbocycles. The first-order valence-electron chi connectivity index (χ1n) is 7.56. The minimum atomic E-state index is -3.59. The molecule has 1 heterocycles. The van der Waals surface area contributed by atoms with E-state index in [9.17, 15) is 8.42 Å². The molecule has 0 atom stereocenters. The molecule has 2 rings (SSSR count). The third kappa shape index (κ3) is 4.08. The van der Waals surface area contributed by atoms with E-state index in [0.717, 1.165) is 12.0 Å². The molecule has 7 nitrogen and oxygen atoms in total. The van der Waals surface area contributed by atoms with Gasteiger partial charge in [0.15, 0.2) is 5.82 Å². The zero-order valence-electron chi connectivity index (χ0n) is 13.8. The van der Waals surface area contributed by atoms with Gasteiger partial charge in [-0.2, -0.15) is 17.7 Å². The van der Waals surface area contributed by atoms with Crippen LogP contribution in [-0.2, 0) is 10.2 Å². The summed E-state index contributed by atoms with van der Waals surface area (Å²) < 4.78 is 34.2. The van der Waals surface area contributed by atoms with Crippen molar-refractivity contribution in [2.24, 2.45) is 0 Å². The molecule has 8 heteroatoms. The molecular formula is C15H22N4O3S. The maximum Gasteiger partial charge on any atom is 0.301 e. The summed E-state index contributed by atoms with van der Waals surface area (Å²) in [5, 5.41) is 3.75. The van der Waals surface area contributed by atoms with Crippen LogP contribution < -0.4 is 4.72 Å². The molecular weight excluding hydrogens is 316 g/mol. The normalized spacial score (nSPS) is 11.9. The average Bonchev–Trinajstić information content (AvgIpc) is 2.93. The molecule has 2 aromatic rings. The number of nitrogens with one attached hydrogen (secondary N) is 1. The van der Waals surface area contributed by atoms with E-state index in [-0.39, 0.29) is 0 Å². The summed E-state index contributed by atoms with van der Waals surface area (Å²) in [5.74, 6) is 0.895. The fraction of sp³-hybridized carbons (Fsp3) is 0.467. The van der Waals surface area contributed by atoms with Gasteiger partial charge in [-0.05, 0) is 38.0 Å². The van der Waals surface area contributed by atoms with Gasteiger partial charge in [-0.3, -0.25) is 4.72 Å². The molecule has 0 fully saturated rings. The summed E-state index contributed by atoms with van der Waals surface area (Å²) in [5.41, 5.74) is 2.00. The second-order valence-corrected chi connectivity index (χ2v) is 6.95. The van der Waals surface area contributed by atoms with Crippen LogP contribution >= 0.6 is 0 Å². The van der Waals surface area contributed by atoms with E-state index in [1.54, 1.807) is 13.0 Å². The summed E-state index contributed by atoms with van der Waals surface area (Å²) in [4.78, 5) is 4.16. The second kappa shape index (κ2) is 7.10. The molecule has 126 valence electrons. The van der Waals surface area contributed by atoms with Gasteiger partial charge in [-0.25, -0.2) is 0 Å². The lowest BCUT2D eigenvalue weighted by atomic mass is 10.1. The highest BCUT2D eigenvalue weighted by atomic mass is 32.2. The molecule has 1 aromatic carbocycles. The smallest absolute Gasteiger partial charge is 0.301 e. The molecule has 0 unspecified atom stereocenters. The van der Waals surface area contributed by atoms with Crippen LogP contribution in [-0.4, -0.2) is 36.0 Å². The number of benzene rings is 1. The first kappa shape index (κ1) is 17.4. The SMILES string of the molecule is CCCN(CC)S(=O)(=O)Nc1cc(-c2nc(C)no2)ccc1C. The van der Waals surface area contributed by atoms with Crippen LogP contribution in [0.3, 0.4) is 0 Å². The Morgan fingerprint density at radius 2 is 2.00 bits per heavy atom. The van der Waals surface area contributed by atoms with Crippen molar-refractivity contribution in [1.29, 1.82) is 0 Å². The maximum atomic E-state index is 12.5. The minimum absolute atomic E-state index is 0.365. The molecule has 1 aromatic heterocycles. The summed E-state index contributed by atoms with van der Waals surface area (Å²) in [6.07, 6.45) is 0.759. The molecule has 0 amide bonds. The van der Waals surface area contributed by atoms with Gasteiger partial charge in [0.05, 0.1) is 5.69 Å². The average molecular weight is 338 g/mol. The van der Waals surface area contributed by atoms with Crippen molar-refractivity contribution in [3.63, 3.8) is 0 Å². The van der Waals surface area contributed by atoms with Crippen LogP contribution in [0.5, 0.6) is 0 Å². The molecule has 0 radical (unpaired) electrons. The Balaban J connectivity index is 2.32. The van der Waals surface area contributed by atoms with E-state index in [1.165, 1.54) is 4.31 Å². The number of rotatable bonds is 7. The third-order valence-corrected chi connectivity index (χ3v) is 5.02. The molecule has 0 aliphatic heterocycles. The molecule has 0 spiro atoms. The van der Waals surface area contributed by atoms with E-state index in [4.69, 9.17) is 4.52 Å².